The van der Waals surface area contributed by atoms with Crippen LogP contribution >= 0.6 is 28.3 Å². The van der Waals surface area contributed by atoms with Crippen molar-refractivity contribution in [3.63, 3.8) is 0 Å². The lowest BCUT2D eigenvalue weighted by Gasteiger charge is -2.10. The molecule has 1 amide bonds. The van der Waals surface area contributed by atoms with Gasteiger partial charge in [-0.3, -0.25) is 4.79 Å². The van der Waals surface area contributed by atoms with Gasteiger partial charge in [0.2, 0.25) is 6.79 Å². The molecule has 2 aliphatic rings. The van der Waals surface area contributed by atoms with Crippen LogP contribution in [0.15, 0.2) is 16.6 Å². The minimum atomic E-state index is -0.0741. The average Bonchev–Trinajstić information content (AvgIpc) is 3.08. The molecule has 2 N–H and O–H groups in total. The van der Waals surface area contributed by atoms with E-state index in [9.17, 15) is 4.79 Å². The van der Waals surface area contributed by atoms with Crippen molar-refractivity contribution in [2.24, 2.45) is 5.92 Å². The number of carbonyl (C=O) groups excluding carboxylic acids is 1. The van der Waals surface area contributed by atoms with Crippen LogP contribution < -0.4 is 20.1 Å². The zero-order chi connectivity index (χ0) is 13.9. The molecule has 7 heteroatoms. The van der Waals surface area contributed by atoms with E-state index in [1.165, 1.54) is 6.42 Å². The third-order valence-electron chi connectivity index (χ3n) is 3.69. The number of nitrogens with one attached hydrogen (secondary N) is 2. The molecule has 1 aromatic rings. The van der Waals surface area contributed by atoms with Crippen molar-refractivity contribution >= 4 is 34.2 Å². The van der Waals surface area contributed by atoms with Crippen LogP contribution in [0.5, 0.6) is 11.5 Å². The SMILES string of the molecule is Cl.O=C(NCCC1CCNC1)c1cc(Br)c2c(c1)OCO2. The Balaban J connectivity index is 0.00000161. The first kappa shape index (κ1) is 16.4. The lowest BCUT2D eigenvalue weighted by Crippen LogP contribution is -2.26. The average molecular weight is 378 g/mol. The molecule has 21 heavy (non-hydrogen) atoms. The molecular formula is C14H18BrClN2O3. The molecule has 1 atom stereocenters. The van der Waals surface area contributed by atoms with Crippen LogP contribution in [0.2, 0.25) is 0 Å². The van der Waals surface area contributed by atoms with Crippen LogP contribution in [-0.2, 0) is 0 Å². The summed E-state index contributed by atoms with van der Waals surface area (Å²) in [5, 5.41) is 6.29. The Morgan fingerprint density at radius 3 is 3.05 bits per heavy atom. The van der Waals surface area contributed by atoms with Gasteiger partial charge in [-0.05, 0) is 59.9 Å². The molecule has 1 unspecified atom stereocenters. The van der Waals surface area contributed by atoms with E-state index in [-0.39, 0.29) is 25.1 Å². The van der Waals surface area contributed by atoms with Crippen LogP contribution in [0, 0.1) is 5.92 Å². The van der Waals surface area contributed by atoms with Crippen LogP contribution in [0.4, 0.5) is 0 Å². The number of hydrogen-bond acceptors (Lipinski definition) is 4. The second kappa shape index (κ2) is 7.33. The molecule has 0 spiro atoms. The summed E-state index contributed by atoms with van der Waals surface area (Å²) in [5.74, 6) is 1.89. The number of rotatable bonds is 4. The highest BCUT2D eigenvalue weighted by molar-refractivity contribution is 9.10. The number of fused-ring (bicyclic) bond motifs is 1. The summed E-state index contributed by atoms with van der Waals surface area (Å²) in [7, 11) is 0. The molecule has 1 saturated heterocycles. The van der Waals surface area contributed by atoms with Crippen LogP contribution in [0.1, 0.15) is 23.2 Å². The zero-order valence-electron chi connectivity index (χ0n) is 11.5. The minimum Gasteiger partial charge on any atom is -0.454 e. The van der Waals surface area contributed by atoms with Gasteiger partial charge in [0.25, 0.3) is 5.91 Å². The maximum Gasteiger partial charge on any atom is 0.251 e. The summed E-state index contributed by atoms with van der Waals surface area (Å²) in [4.78, 5) is 12.1. The lowest BCUT2D eigenvalue weighted by molar-refractivity contribution is 0.0951. The van der Waals surface area contributed by atoms with E-state index in [1.54, 1.807) is 12.1 Å². The Bertz CT molecular complexity index is 521. The molecular weight excluding hydrogens is 360 g/mol. The Labute approximate surface area is 138 Å². The first-order chi connectivity index (χ1) is 9.74. The van der Waals surface area contributed by atoms with E-state index < -0.39 is 0 Å². The molecule has 0 aliphatic carbocycles. The summed E-state index contributed by atoms with van der Waals surface area (Å²) in [6, 6.07) is 3.49. The molecule has 116 valence electrons. The lowest BCUT2D eigenvalue weighted by atomic mass is 10.1. The first-order valence-corrected chi connectivity index (χ1v) is 7.61. The standard InChI is InChI=1S/C14H17BrN2O3.ClH/c15-11-5-10(6-12-13(11)20-8-19-12)14(18)17-4-2-9-1-3-16-7-9;/h5-6,9,16H,1-4,7-8H2,(H,17,18);1H. The Morgan fingerprint density at radius 2 is 2.29 bits per heavy atom. The smallest absolute Gasteiger partial charge is 0.251 e. The molecule has 2 aliphatic heterocycles. The third kappa shape index (κ3) is 3.81. The number of ether oxygens (including phenoxy) is 2. The van der Waals surface area contributed by atoms with Gasteiger partial charge in [-0.25, -0.2) is 0 Å². The minimum absolute atomic E-state index is 0. The second-order valence-corrected chi connectivity index (χ2v) is 5.95. The number of hydrogen-bond donors (Lipinski definition) is 2. The van der Waals surface area contributed by atoms with Gasteiger partial charge < -0.3 is 20.1 Å². The van der Waals surface area contributed by atoms with Gasteiger partial charge in [-0.15, -0.1) is 12.4 Å². The van der Waals surface area contributed by atoms with Crippen molar-refractivity contribution in [3.8, 4) is 11.5 Å². The van der Waals surface area contributed by atoms with Gasteiger partial charge in [0.15, 0.2) is 11.5 Å². The predicted molar refractivity (Wildman–Crippen MR) is 85.4 cm³/mol. The summed E-state index contributed by atoms with van der Waals surface area (Å²) < 4.78 is 11.4. The van der Waals surface area contributed by atoms with Crippen LogP contribution in [0.25, 0.3) is 0 Å². The van der Waals surface area contributed by atoms with E-state index in [0.717, 1.165) is 24.0 Å². The summed E-state index contributed by atoms with van der Waals surface area (Å²) in [6.45, 7) is 3.06. The van der Waals surface area contributed by atoms with Gasteiger partial charge >= 0.3 is 0 Å². The zero-order valence-corrected chi connectivity index (χ0v) is 13.9. The Morgan fingerprint density at radius 1 is 1.43 bits per heavy atom. The van der Waals surface area contributed by atoms with Crippen molar-refractivity contribution < 1.29 is 14.3 Å². The molecule has 1 fully saturated rings. The first-order valence-electron chi connectivity index (χ1n) is 6.82. The topological polar surface area (TPSA) is 59.6 Å². The highest BCUT2D eigenvalue weighted by Crippen LogP contribution is 2.39. The quantitative estimate of drug-likeness (QED) is 0.845. The fourth-order valence-corrected chi connectivity index (χ4v) is 3.11. The molecule has 0 aromatic heterocycles. The van der Waals surface area contributed by atoms with Crippen LogP contribution in [0.3, 0.4) is 0 Å². The summed E-state index contributed by atoms with van der Waals surface area (Å²) in [6.07, 6.45) is 2.22. The fourth-order valence-electron chi connectivity index (χ4n) is 2.55. The maximum atomic E-state index is 12.1. The molecule has 2 heterocycles. The molecule has 3 rings (SSSR count). The van der Waals surface area contributed by atoms with E-state index in [0.29, 0.717) is 29.5 Å². The van der Waals surface area contributed by atoms with Crippen molar-refractivity contribution in [1.82, 2.24) is 10.6 Å². The van der Waals surface area contributed by atoms with Gasteiger partial charge in [-0.1, -0.05) is 0 Å². The Kier molecular flexibility index (Phi) is 5.72. The van der Waals surface area contributed by atoms with E-state index in [2.05, 4.69) is 26.6 Å². The normalized spacial score (nSPS) is 19.2. The molecule has 0 saturated carbocycles. The number of benzene rings is 1. The van der Waals surface area contributed by atoms with E-state index in [1.807, 2.05) is 0 Å². The monoisotopic (exact) mass is 376 g/mol. The predicted octanol–water partition coefficient (Wildman–Crippen LogP) is 2.33. The van der Waals surface area contributed by atoms with Crippen molar-refractivity contribution in [2.75, 3.05) is 26.4 Å². The van der Waals surface area contributed by atoms with Crippen molar-refractivity contribution in [2.45, 2.75) is 12.8 Å². The number of halogens is 2. The fraction of sp³-hybridized carbons (Fsp3) is 0.500. The van der Waals surface area contributed by atoms with Gasteiger partial charge in [-0.2, -0.15) is 0 Å². The molecule has 0 radical (unpaired) electrons. The van der Waals surface area contributed by atoms with Crippen molar-refractivity contribution in [3.05, 3.63) is 22.2 Å². The van der Waals surface area contributed by atoms with E-state index >= 15 is 0 Å². The highest BCUT2D eigenvalue weighted by atomic mass is 79.9. The maximum absolute atomic E-state index is 12.1. The number of amides is 1. The van der Waals surface area contributed by atoms with Gasteiger partial charge in [0.05, 0.1) is 4.47 Å². The third-order valence-corrected chi connectivity index (χ3v) is 4.28. The van der Waals surface area contributed by atoms with E-state index in [4.69, 9.17) is 9.47 Å². The second-order valence-electron chi connectivity index (χ2n) is 5.10. The van der Waals surface area contributed by atoms with Crippen molar-refractivity contribution in [1.29, 1.82) is 0 Å². The molecule has 1 aromatic carbocycles. The van der Waals surface area contributed by atoms with Gasteiger partial charge in [0.1, 0.15) is 0 Å². The molecule has 5 nitrogen and oxygen atoms in total. The largest absolute Gasteiger partial charge is 0.454 e. The summed E-state index contributed by atoms with van der Waals surface area (Å²) >= 11 is 3.40. The summed E-state index contributed by atoms with van der Waals surface area (Å²) in [5.41, 5.74) is 0.589. The van der Waals surface area contributed by atoms with Crippen LogP contribution in [-0.4, -0.2) is 32.3 Å². The number of carbonyl (C=O) groups is 1. The Hall–Kier alpha value is -0.980. The highest BCUT2D eigenvalue weighted by Gasteiger charge is 2.20. The van der Waals surface area contributed by atoms with Gasteiger partial charge in [0, 0.05) is 12.1 Å². The molecule has 0 bridgehead atoms.